The molecule has 0 aliphatic carbocycles. The number of nitrogens with zero attached hydrogens (tertiary/aromatic N) is 6. The maximum atomic E-state index is 11.7. The Morgan fingerprint density at radius 1 is 1.24 bits per heavy atom. The number of anilines is 1. The average Bonchev–Trinajstić information content (AvgIpc) is 3.12. The number of hydrogen-bond donors (Lipinski definition) is 3. The fraction of sp³-hybridized carbons (Fsp3) is 0.522. The minimum atomic E-state index is -0.724. The fourth-order valence-corrected chi connectivity index (χ4v) is 3.47. The van der Waals surface area contributed by atoms with Gasteiger partial charge in [-0.25, -0.2) is 14.8 Å². The molecular formula is C23H33BrN8O5. The second kappa shape index (κ2) is 12.3. The number of alkyl carbamates (subject to hydrolysis) is 1. The molecule has 0 aromatic carbocycles. The van der Waals surface area contributed by atoms with Crippen molar-refractivity contribution in [3.63, 3.8) is 0 Å². The Kier molecular flexibility index (Phi) is 9.45. The molecule has 1 unspecified atom stereocenters. The van der Waals surface area contributed by atoms with Gasteiger partial charge in [0.1, 0.15) is 18.4 Å². The Balaban J connectivity index is 1.61. The van der Waals surface area contributed by atoms with Gasteiger partial charge in [-0.2, -0.15) is 9.97 Å². The zero-order valence-electron chi connectivity index (χ0n) is 21.6. The van der Waals surface area contributed by atoms with E-state index < -0.39 is 17.9 Å². The van der Waals surface area contributed by atoms with Crippen LogP contribution in [0.2, 0.25) is 0 Å². The second-order valence-electron chi connectivity index (χ2n) is 9.42. The molecule has 202 valence electrons. The lowest BCUT2D eigenvalue weighted by Crippen LogP contribution is -2.33. The number of nitrogens with two attached hydrogens (primary N) is 1. The molecule has 0 aliphatic rings. The molecule has 0 saturated carbocycles. The van der Waals surface area contributed by atoms with E-state index in [1.54, 1.807) is 52.0 Å². The first-order chi connectivity index (χ1) is 17.4. The van der Waals surface area contributed by atoms with Crippen LogP contribution in [0.1, 0.15) is 32.8 Å². The first-order valence-corrected chi connectivity index (χ1v) is 12.4. The number of aromatic nitrogens is 5. The molecule has 13 nitrogen and oxygen atoms in total. The van der Waals surface area contributed by atoms with E-state index in [-0.39, 0.29) is 25.0 Å². The molecule has 0 saturated heterocycles. The first kappa shape index (κ1) is 28.3. The predicted molar refractivity (Wildman–Crippen MR) is 140 cm³/mol. The molecule has 14 heteroatoms. The summed E-state index contributed by atoms with van der Waals surface area (Å²) in [5.41, 5.74) is 7.36. The minimum Gasteiger partial charge on any atom is -0.473 e. The van der Waals surface area contributed by atoms with E-state index in [2.05, 4.69) is 41.2 Å². The molecule has 37 heavy (non-hydrogen) atoms. The normalized spacial score (nSPS) is 12.5. The Morgan fingerprint density at radius 3 is 2.65 bits per heavy atom. The molecule has 0 radical (unpaired) electrons. The van der Waals surface area contributed by atoms with E-state index in [0.717, 1.165) is 5.56 Å². The second-order valence-corrected chi connectivity index (χ2v) is 10.1. The van der Waals surface area contributed by atoms with E-state index in [9.17, 15) is 9.90 Å². The summed E-state index contributed by atoms with van der Waals surface area (Å²) in [4.78, 5) is 30.8. The lowest BCUT2D eigenvalue weighted by Gasteiger charge is -2.19. The summed E-state index contributed by atoms with van der Waals surface area (Å²) >= 11 is 3.46. The number of carbonyl (C=O) groups is 1. The zero-order chi connectivity index (χ0) is 27.2. The van der Waals surface area contributed by atoms with Gasteiger partial charge in [-0.05, 0) is 62.8 Å². The number of aliphatic hydroxyl groups is 1. The molecule has 3 aromatic heterocycles. The van der Waals surface area contributed by atoms with Crippen LogP contribution in [0.3, 0.4) is 0 Å². The SMILES string of the molecule is CN(C)C(O)COc1ccc(Cn2c(Br)nc3c(N)nc(OCCCNC(=O)OC(C)(C)C)nc32)cn1. The van der Waals surface area contributed by atoms with Crippen molar-refractivity contribution in [2.75, 3.05) is 39.6 Å². The van der Waals surface area contributed by atoms with E-state index >= 15 is 0 Å². The van der Waals surface area contributed by atoms with Gasteiger partial charge in [-0.15, -0.1) is 0 Å². The van der Waals surface area contributed by atoms with Crippen molar-refractivity contribution in [1.82, 2.24) is 34.7 Å². The third-order valence-corrected chi connectivity index (χ3v) is 5.50. The smallest absolute Gasteiger partial charge is 0.407 e. The van der Waals surface area contributed by atoms with Gasteiger partial charge in [0.2, 0.25) is 5.88 Å². The largest absolute Gasteiger partial charge is 0.473 e. The number of halogens is 1. The molecule has 3 aromatic rings. The monoisotopic (exact) mass is 580 g/mol. The number of aliphatic hydroxyl groups excluding tert-OH is 1. The number of fused-ring (bicyclic) bond motifs is 1. The highest BCUT2D eigenvalue weighted by Gasteiger charge is 2.18. The molecule has 1 atom stereocenters. The Labute approximate surface area is 223 Å². The highest BCUT2D eigenvalue weighted by atomic mass is 79.9. The van der Waals surface area contributed by atoms with Gasteiger partial charge in [0.25, 0.3) is 0 Å². The molecule has 0 fully saturated rings. The molecule has 3 rings (SSSR count). The van der Waals surface area contributed by atoms with Gasteiger partial charge >= 0.3 is 12.1 Å². The summed E-state index contributed by atoms with van der Waals surface area (Å²) in [5.74, 6) is 0.593. The Morgan fingerprint density at radius 2 is 2.00 bits per heavy atom. The molecule has 0 spiro atoms. The molecule has 1 amide bonds. The third-order valence-electron chi connectivity index (χ3n) is 4.89. The molecule has 3 heterocycles. The number of imidazole rings is 1. The number of likely N-dealkylation sites (N-methyl/N-ethyl adjacent to an activating group) is 1. The maximum Gasteiger partial charge on any atom is 0.407 e. The van der Waals surface area contributed by atoms with Crippen molar-refractivity contribution in [3.8, 4) is 11.9 Å². The van der Waals surface area contributed by atoms with Crippen LogP contribution in [0.4, 0.5) is 10.6 Å². The summed E-state index contributed by atoms with van der Waals surface area (Å²) in [6, 6.07) is 3.70. The maximum absolute atomic E-state index is 11.7. The highest BCUT2D eigenvalue weighted by molar-refractivity contribution is 9.10. The van der Waals surface area contributed by atoms with Crippen LogP contribution in [0.15, 0.2) is 23.1 Å². The molecule has 0 bridgehead atoms. The predicted octanol–water partition coefficient (Wildman–Crippen LogP) is 2.17. The van der Waals surface area contributed by atoms with Crippen molar-refractivity contribution in [1.29, 1.82) is 0 Å². The van der Waals surface area contributed by atoms with Crippen LogP contribution in [0.5, 0.6) is 11.9 Å². The van der Waals surface area contributed by atoms with Crippen LogP contribution in [-0.2, 0) is 11.3 Å². The number of hydrogen-bond acceptors (Lipinski definition) is 11. The summed E-state index contributed by atoms with van der Waals surface area (Å²) in [5, 5.41) is 12.5. The van der Waals surface area contributed by atoms with Crippen molar-refractivity contribution in [2.45, 2.75) is 45.6 Å². The fourth-order valence-electron chi connectivity index (χ4n) is 3.00. The van der Waals surface area contributed by atoms with Gasteiger partial charge in [0, 0.05) is 18.8 Å². The Hall–Kier alpha value is -3.23. The van der Waals surface area contributed by atoms with Crippen LogP contribution >= 0.6 is 15.9 Å². The van der Waals surface area contributed by atoms with Gasteiger partial charge in [-0.1, -0.05) is 6.07 Å². The summed E-state index contributed by atoms with van der Waals surface area (Å²) in [6.07, 6.45) is 0.991. The first-order valence-electron chi connectivity index (χ1n) is 11.6. The number of rotatable bonds is 11. The summed E-state index contributed by atoms with van der Waals surface area (Å²) < 4.78 is 18.7. The van der Waals surface area contributed by atoms with Gasteiger partial charge < -0.3 is 30.4 Å². The van der Waals surface area contributed by atoms with E-state index in [0.29, 0.717) is 41.3 Å². The third kappa shape index (κ3) is 8.40. The van der Waals surface area contributed by atoms with E-state index in [1.807, 2.05) is 10.6 Å². The van der Waals surface area contributed by atoms with Crippen LogP contribution in [-0.4, -0.2) is 86.3 Å². The molecule has 4 N–H and O–H groups in total. The number of ether oxygens (including phenoxy) is 3. The van der Waals surface area contributed by atoms with Gasteiger partial charge in [0.05, 0.1) is 13.2 Å². The van der Waals surface area contributed by atoms with Gasteiger partial charge in [-0.3, -0.25) is 9.47 Å². The van der Waals surface area contributed by atoms with Crippen LogP contribution < -0.4 is 20.5 Å². The Bertz CT molecular complexity index is 1200. The lowest BCUT2D eigenvalue weighted by molar-refractivity contribution is 0.000659. The average molecular weight is 581 g/mol. The van der Waals surface area contributed by atoms with Crippen molar-refractivity contribution in [2.24, 2.45) is 0 Å². The minimum absolute atomic E-state index is 0.104. The quantitative estimate of drug-likeness (QED) is 0.173. The number of nitrogens with one attached hydrogen (secondary N) is 1. The standard InChI is InChI=1S/C23H33BrN8O5/c1-23(2,3)37-22(34)26-9-6-10-35-21-29-18(25)17-19(30-21)32(20(24)28-17)12-14-7-8-15(27-11-14)36-13-16(33)31(4)5/h7-8,11,16,33H,6,9-10,12-13H2,1-5H3,(H,26,34)(H2,25,29,30). The van der Waals surface area contributed by atoms with Crippen LogP contribution in [0.25, 0.3) is 11.2 Å². The van der Waals surface area contributed by atoms with E-state index in [1.165, 1.54) is 0 Å². The van der Waals surface area contributed by atoms with E-state index in [4.69, 9.17) is 19.9 Å². The topological polar surface area (TPSA) is 163 Å². The summed E-state index contributed by atoms with van der Waals surface area (Å²) in [7, 11) is 3.52. The summed E-state index contributed by atoms with van der Waals surface area (Å²) in [6.45, 7) is 6.55. The van der Waals surface area contributed by atoms with Crippen molar-refractivity contribution >= 4 is 39.0 Å². The number of pyridine rings is 1. The number of nitrogen functional groups attached to an aromatic ring is 1. The lowest BCUT2D eigenvalue weighted by atomic mass is 10.2. The van der Waals surface area contributed by atoms with Crippen molar-refractivity contribution < 1.29 is 24.1 Å². The highest BCUT2D eigenvalue weighted by Crippen LogP contribution is 2.25. The zero-order valence-corrected chi connectivity index (χ0v) is 23.1. The molecular weight excluding hydrogens is 548 g/mol. The molecule has 0 aliphatic heterocycles. The van der Waals surface area contributed by atoms with Gasteiger partial charge in [0.15, 0.2) is 21.7 Å². The van der Waals surface area contributed by atoms with Crippen molar-refractivity contribution in [3.05, 3.63) is 28.6 Å². The van der Waals surface area contributed by atoms with Crippen LogP contribution in [0, 0.1) is 0 Å². The number of amides is 1. The number of carbonyl (C=O) groups excluding carboxylic acids is 1.